The van der Waals surface area contributed by atoms with Crippen LogP contribution in [0.4, 0.5) is 4.39 Å². The second-order valence-corrected chi connectivity index (χ2v) is 7.64. The van der Waals surface area contributed by atoms with Crippen LogP contribution in [0, 0.1) is 23.1 Å². The number of nitriles is 1. The van der Waals surface area contributed by atoms with Crippen LogP contribution in [0.1, 0.15) is 30.9 Å². The molecule has 1 aromatic carbocycles. The number of hydrogen-bond donors (Lipinski definition) is 1. The minimum absolute atomic E-state index is 0.00243. The molecule has 0 aromatic heterocycles. The van der Waals surface area contributed by atoms with Gasteiger partial charge in [-0.2, -0.15) is 9.57 Å². The number of nitrogens with zero attached hydrogens (tertiary/aromatic N) is 2. The first-order chi connectivity index (χ1) is 10.4. The Morgan fingerprint density at radius 3 is 2.82 bits per heavy atom. The van der Waals surface area contributed by atoms with Gasteiger partial charge in [-0.3, -0.25) is 0 Å². The molecular weight excluding hydrogens is 307 g/mol. The average Bonchev–Trinajstić information content (AvgIpc) is 2.49. The molecule has 1 heterocycles. The summed E-state index contributed by atoms with van der Waals surface area (Å²) in [5.74, 6) is -1.19. The van der Waals surface area contributed by atoms with Crippen molar-refractivity contribution in [2.75, 3.05) is 13.2 Å². The normalized spacial score (nSPS) is 23.2. The van der Waals surface area contributed by atoms with E-state index in [1.165, 1.54) is 16.4 Å². The van der Waals surface area contributed by atoms with Crippen molar-refractivity contribution in [2.45, 2.75) is 31.6 Å². The quantitative estimate of drug-likeness (QED) is 0.911. The molecule has 22 heavy (non-hydrogen) atoms. The second-order valence-electron chi connectivity index (χ2n) is 5.72. The first-order valence-electron chi connectivity index (χ1n) is 7.16. The lowest BCUT2D eigenvalue weighted by molar-refractivity contribution is 0.139. The van der Waals surface area contributed by atoms with Gasteiger partial charge in [0.25, 0.3) is 0 Å². The summed E-state index contributed by atoms with van der Waals surface area (Å²) < 4.78 is 40.3. The molecule has 2 atom stereocenters. The molecule has 5 nitrogen and oxygen atoms in total. The Balaban J connectivity index is 2.25. The molecule has 2 rings (SSSR count). The zero-order valence-electron chi connectivity index (χ0n) is 12.4. The van der Waals surface area contributed by atoms with Crippen molar-refractivity contribution in [2.24, 2.45) is 5.92 Å². The Labute approximate surface area is 130 Å². The highest BCUT2D eigenvalue weighted by atomic mass is 32.2. The summed E-state index contributed by atoms with van der Waals surface area (Å²) in [6.07, 6.45) is 1.45. The summed E-state index contributed by atoms with van der Waals surface area (Å²) in [6, 6.07) is 5.40. The molecule has 1 aliphatic rings. The zero-order valence-corrected chi connectivity index (χ0v) is 13.2. The number of aliphatic hydroxyl groups is 1. The Kier molecular flexibility index (Phi) is 5.16. The molecule has 0 aliphatic carbocycles. The van der Waals surface area contributed by atoms with E-state index >= 15 is 0 Å². The van der Waals surface area contributed by atoms with Crippen LogP contribution < -0.4 is 0 Å². The highest BCUT2D eigenvalue weighted by Gasteiger charge is 2.34. The Bertz CT molecular complexity index is 685. The van der Waals surface area contributed by atoms with E-state index in [0.717, 1.165) is 12.5 Å². The van der Waals surface area contributed by atoms with Crippen molar-refractivity contribution in [3.8, 4) is 6.07 Å². The van der Waals surface area contributed by atoms with Gasteiger partial charge in [0.2, 0.25) is 10.0 Å². The second kappa shape index (κ2) is 6.73. The lowest BCUT2D eigenvalue weighted by Crippen LogP contribution is -2.46. The maximum Gasteiger partial charge on any atom is 0.218 e. The first kappa shape index (κ1) is 16.9. The molecule has 2 unspecified atom stereocenters. The van der Waals surface area contributed by atoms with Crippen molar-refractivity contribution >= 4 is 10.0 Å². The van der Waals surface area contributed by atoms with Crippen molar-refractivity contribution in [3.63, 3.8) is 0 Å². The Hall–Kier alpha value is -1.49. The molecule has 1 N–H and O–H groups in total. The molecule has 7 heteroatoms. The molecule has 0 spiro atoms. The van der Waals surface area contributed by atoms with Crippen LogP contribution in [0.5, 0.6) is 0 Å². The third kappa shape index (κ3) is 3.64. The van der Waals surface area contributed by atoms with E-state index in [-0.39, 0.29) is 36.2 Å². The molecule has 1 saturated heterocycles. The van der Waals surface area contributed by atoms with E-state index in [4.69, 9.17) is 5.26 Å². The van der Waals surface area contributed by atoms with Gasteiger partial charge in [-0.15, -0.1) is 0 Å². The maximum atomic E-state index is 13.8. The van der Waals surface area contributed by atoms with Gasteiger partial charge in [0, 0.05) is 24.8 Å². The standard InChI is InChI=1S/C15H19FN2O3S/c1-11-2-3-13(9-19)8-18(11)22(20,21)10-14-6-12(7-17)4-5-15(14)16/h4-6,11,13,19H,2-3,8-10H2,1H3. The average molecular weight is 326 g/mol. The van der Waals surface area contributed by atoms with Crippen molar-refractivity contribution in [3.05, 3.63) is 35.1 Å². The molecule has 0 bridgehead atoms. The van der Waals surface area contributed by atoms with Gasteiger partial charge in [0.15, 0.2) is 0 Å². The number of halogens is 1. The fourth-order valence-corrected chi connectivity index (χ4v) is 4.59. The van der Waals surface area contributed by atoms with Gasteiger partial charge in [-0.25, -0.2) is 12.8 Å². The molecule has 1 aliphatic heterocycles. The smallest absolute Gasteiger partial charge is 0.218 e. The van der Waals surface area contributed by atoms with Crippen LogP contribution in [0.15, 0.2) is 18.2 Å². The van der Waals surface area contributed by atoms with E-state index in [2.05, 4.69) is 0 Å². The Morgan fingerprint density at radius 1 is 1.45 bits per heavy atom. The van der Waals surface area contributed by atoms with Gasteiger partial charge in [-0.1, -0.05) is 0 Å². The van der Waals surface area contributed by atoms with Crippen molar-refractivity contribution in [1.29, 1.82) is 5.26 Å². The molecular formula is C15H19FN2O3S. The van der Waals surface area contributed by atoms with Crippen LogP contribution in [0.2, 0.25) is 0 Å². The predicted octanol–water partition coefficient (Wildman–Crippen LogP) is 1.62. The summed E-state index contributed by atoms with van der Waals surface area (Å²) in [5.41, 5.74) is 0.226. The molecule has 120 valence electrons. The fourth-order valence-electron chi connectivity index (χ4n) is 2.72. The van der Waals surface area contributed by atoms with Gasteiger partial charge < -0.3 is 5.11 Å². The lowest BCUT2D eigenvalue weighted by Gasteiger charge is -2.36. The number of sulfonamides is 1. The van der Waals surface area contributed by atoms with Gasteiger partial charge >= 0.3 is 0 Å². The van der Waals surface area contributed by atoms with Crippen LogP contribution in [0.25, 0.3) is 0 Å². The number of piperidine rings is 1. The zero-order chi connectivity index (χ0) is 16.3. The fraction of sp³-hybridized carbons (Fsp3) is 0.533. The lowest BCUT2D eigenvalue weighted by atomic mass is 9.96. The van der Waals surface area contributed by atoms with Crippen LogP contribution in [0.3, 0.4) is 0 Å². The van der Waals surface area contributed by atoms with Gasteiger partial charge in [0.1, 0.15) is 5.82 Å². The van der Waals surface area contributed by atoms with E-state index in [1.807, 2.05) is 13.0 Å². The third-order valence-electron chi connectivity index (χ3n) is 4.05. The number of hydrogen-bond acceptors (Lipinski definition) is 4. The molecule has 0 radical (unpaired) electrons. The van der Waals surface area contributed by atoms with Gasteiger partial charge in [0.05, 0.1) is 17.4 Å². The highest BCUT2D eigenvalue weighted by Crippen LogP contribution is 2.26. The summed E-state index contributed by atoms with van der Waals surface area (Å²) in [6.45, 7) is 2.00. The summed E-state index contributed by atoms with van der Waals surface area (Å²) in [5, 5.41) is 18.1. The highest BCUT2D eigenvalue weighted by molar-refractivity contribution is 7.88. The van der Waals surface area contributed by atoms with E-state index in [9.17, 15) is 17.9 Å². The van der Waals surface area contributed by atoms with Crippen molar-refractivity contribution < 1.29 is 17.9 Å². The monoisotopic (exact) mass is 326 g/mol. The number of rotatable bonds is 4. The van der Waals surface area contributed by atoms with Crippen LogP contribution in [-0.2, 0) is 15.8 Å². The van der Waals surface area contributed by atoms with E-state index in [1.54, 1.807) is 0 Å². The molecule has 1 fully saturated rings. The first-order valence-corrected chi connectivity index (χ1v) is 8.77. The third-order valence-corrected chi connectivity index (χ3v) is 5.95. The van der Waals surface area contributed by atoms with Gasteiger partial charge in [-0.05, 0) is 43.9 Å². The summed E-state index contributed by atoms with van der Waals surface area (Å²) in [4.78, 5) is 0. The maximum absolute atomic E-state index is 13.8. The van der Waals surface area contributed by atoms with E-state index < -0.39 is 21.6 Å². The minimum atomic E-state index is -3.70. The van der Waals surface area contributed by atoms with Crippen molar-refractivity contribution in [1.82, 2.24) is 4.31 Å². The molecule has 0 amide bonds. The molecule has 0 saturated carbocycles. The predicted molar refractivity (Wildman–Crippen MR) is 79.7 cm³/mol. The number of benzene rings is 1. The van der Waals surface area contributed by atoms with Crippen LogP contribution >= 0.6 is 0 Å². The van der Waals surface area contributed by atoms with E-state index in [0.29, 0.717) is 6.42 Å². The molecule has 1 aromatic rings. The Morgan fingerprint density at radius 2 is 2.18 bits per heavy atom. The summed E-state index contributed by atoms with van der Waals surface area (Å²) >= 11 is 0. The number of aliphatic hydroxyl groups excluding tert-OH is 1. The SMILES string of the molecule is CC1CCC(CO)CN1S(=O)(=O)Cc1cc(C#N)ccc1F. The van der Waals surface area contributed by atoms with Crippen LogP contribution in [-0.4, -0.2) is 37.0 Å². The summed E-state index contributed by atoms with van der Waals surface area (Å²) in [7, 11) is -3.70. The minimum Gasteiger partial charge on any atom is -0.396 e. The largest absolute Gasteiger partial charge is 0.396 e. The topological polar surface area (TPSA) is 81.4 Å².